The zero-order valence-corrected chi connectivity index (χ0v) is 7.04. The summed E-state index contributed by atoms with van der Waals surface area (Å²) in [4.78, 5) is 10.4. The summed E-state index contributed by atoms with van der Waals surface area (Å²) in [6.45, 7) is 5.60. The van der Waals surface area contributed by atoms with Crippen LogP contribution in [0.15, 0.2) is 0 Å². The summed E-state index contributed by atoms with van der Waals surface area (Å²) in [5.41, 5.74) is 0. The van der Waals surface area contributed by atoms with Crippen molar-refractivity contribution < 1.29 is 23.4 Å². The van der Waals surface area contributed by atoms with E-state index in [1.165, 1.54) is 0 Å². The molecule has 0 aliphatic rings. The first-order chi connectivity index (χ1) is 3.18. The molecule has 1 nitrogen and oxygen atoms in total. The maximum absolute atomic E-state index is 10.4. The van der Waals surface area contributed by atoms with E-state index in [-0.39, 0.29) is 24.5 Å². The standard InChI is InChI=1S/C6H12O.V/c1-4-5(2)6(3)7;/h5H,4H2,1-3H3;. The Morgan fingerprint density at radius 3 is 2.00 bits per heavy atom. The second-order valence-corrected chi connectivity index (χ2v) is 1.92. The molecule has 0 aromatic rings. The zero-order valence-electron chi connectivity index (χ0n) is 5.64. The van der Waals surface area contributed by atoms with Crippen molar-refractivity contribution in [3.05, 3.63) is 0 Å². The minimum Gasteiger partial charge on any atom is -0.300 e. The van der Waals surface area contributed by atoms with Gasteiger partial charge in [-0.2, -0.15) is 0 Å². The van der Waals surface area contributed by atoms with E-state index in [0.717, 1.165) is 6.42 Å². The Kier molecular flexibility index (Phi) is 7.49. The van der Waals surface area contributed by atoms with Gasteiger partial charge >= 0.3 is 0 Å². The van der Waals surface area contributed by atoms with Crippen molar-refractivity contribution in [2.75, 3.05) is 0 Å². The third-order valence-electron chi connectivity index (χ3n) is 1.31. The van der Waals surface area contributed by atoms with Crippen LogP contribution in [0.5, 0.6) is 0 Å². The van der Waals surface area contributed by atoms with Crippen LogP contribution in [-0.4, -0.2) is 5.78 Å². The summed E-state index contributed by atoms with van der Waals surface area (Å²) < 4.78 is 0. The molecule has 0 heterocycles. The van der Waals surface area contributed by atoms with E-state index in [2.05, 4.69) is 0 Å². The molecule has 8 heavy (non-hydrogen) atoms. The molecule has 1 unspecified atom stereocenters. The van der Waals surface area contributed by atoms with Gasteiger partial charge in [-0.3, -0.25) is 4.79 Å². The molecular weight excluding hydrogens is 139 g/mol. The number of rotatable bonds is 2. The van der Waals surface area contributed by atoms with E-state index >= 15 is 0 Å². The first kappa shape index (κ1) is 11.1. The maximum Gasteiger partial charge on any atom is 0.132 e. The predicted molar refractivity (Wildman–Crippen MR) is 30.1 cm³/mol. The van der Waals surface area contributed by atoms with Crippen LogP contribution in [0.4, 0.5) is 0 Å². The molecule has 47 valence electrons. The minimum absolute atomic E-state index is 0. The number of carbonyl (C=O) groups excluding carboxylic acids is 1. The molecular formula is C6H12OV. The van der Waals surface area contributed by atoms with E-state index in [1.54, 1.807) is 6.92 Å². The van der Waals surface area contributed by atoms with Crippen molar-refractivity contribution in [2.24, 2.45) is 5.92 Å². The molecule has 0 spiro atoms. The molecule has 0 aromatic carbocycles. The smallest absolute Gasteiger partial charge is 0.132 e. The molecule has 0 saturated heterocycles. The van der Waals surface area contributed by atoms with Crippen molar-refractivity contribution in [1.29, 1.82) is 0 Å². The van der Waals surface area contributed by atoms with Crippen molar-refractivity contribution >= 4 is 5.78 Å². The average molecular weight is 151 g/mol. The summed E-state index contributed by atoms with van der Waals surface area (Å²) in [5.74, 6) is 0.558. The van der Waals surface area contributed by atoms with Gasteiger partial charge in [0.15, 0.2) is 0 Å². The fourth-order valence-corrected chi connectivity index (χ4v) is 0.287. The molecule has 0 amide bonds. The Morgan fingerprint density at radius 2 is 2.00 bits per heavy atom. The molecule has 0 aromatic heterocycles. The van der Waals surface area contributed by atoms with Crippen LogP contribution in [0.1, 0.15) is 27.2 Å². The van der Waals surface area contributed by atoms with Crippen LogP contribution in [-0.2, 0) is 23.4 Å². The minimum atomic E-state index is 0. The number of carbonyl (C=O) groups is 1. The number of hydrogen-bond donors (Lipinski definition) is 0. The average Bonchev–Trinajstić information content (AvgIpc) is 1.65. The molecule has 0 fully saturated rings. The van der Waals surface area contributed by atoms with E-state index in [9.17, 15) is 4.79 Å². The summed E-state index contributed by atoms with van der Waals surface area (Å²) in [6, 6.07) is 0. The van der Waals surface area contributed by atoms with Crippen LogP contribution < -0.4 is 0 Å². The summed E-state index contributed by atoms with van der Waals surface area (Å²) in [7, 11) is 0. The second kappa shape index (κ2) is 5.39. The van der Waals surface area contributed by atoms with Crippen LogP contribution in [0.25, 0.3) is 0 Å². The van der Waals surface area contributed by atoms with Gasteiger partial charge in [-0.25, -0.2) is 0 Å². The third kappa shape index (κ3) is 4.41. The van der Waals surface area contributed by atoms with Gasteiger partial charge in [-0.15, -0.1) is 0 Å². The van der Waals surface area contributed by atoms with Gasteiger partial charge in [0.2, 0.25) is 0 Å². The van der Waals surface area contributed by atoms with Crippen molar-refractivity contribution in [1.82, 2.24) is 0 Å². The predicted octanol–water partition coefficient (Wildman–Crippen LogP) is 1.62. The molecule has 0 saturated carbocycles. The monoisotopic (exact) mass is 151 g/mol. The summed E-state index contributed by atoms with van der Waals surface area (Å²) in [6.07, 6.45) is 0.968. The van der Waals surface area contributed by atoms with Gasteiger partial charge in [0, 0.05) is 24.5 Å². The van der Waals surface area contributed by atoms with Gasteiger partial charge in [0.25, 0.3) is 0 Å². The zero-order chi connectivity index (χ0) is 5.86. The molecule has 1 radical (unpaired) electrons. The Balaban J connectivity index is 0. The Hall–Kier alpha value is 0.254. The molecule has 0 aliphatic carbocycles. The quantitative estimate of drug-likeness (QED) is 0.586. The topological polar surface area (TPSA) is 17.1 Å². The summed E-state index contributed by atoms with van der Waals surface area (Å²) in [5, 5.41) is 0. The molecule has 0 aliphatic heterocycles. The van der Waals surface area contributed by atoms with Crippen LogP contribution in [0.2, 0.25) is 0 Å². The van der Waals surface area contributed by atoms with Crippen LogP contribution in [0, 0.1) is 5.92 Å². The van der Waals surface area contributed by atoms with Gasteiger partial charge in [-0.1, -0.05) is 13.8 Å². The third-order valence-corrected chi connectivity index (χ3v) is 1.31. The van der Waals surface area contributed by atoms with Crippen molar-refractivity contribution in [2.45, 2.75) is 27.2 Å². The Bertz CT molecular complexity index is 70.9. The normalized spacial score (nSPS) is 11.9. The van der Waals surface area contributed by atoms with E-state index in [1.807, 2.05) is 13.8 Å². The van der Waals surface area contributed by atoms with Gasteiger partial charge in [0.1, 0.15) is 5.78 Å². The first-order valence-corrected chi connectivity index (χ1v) is 2.69. The Labute approximate surface area is 62.7 Å². The van der Waals surface area contributed by atoms with E-state index < -0.39 is 0 Å². The summed E-state index contributed by atoms with van der Waals surface area (Å²) >= 11 is 0. The fraction of sp³-hybridized carbons (Fsp3) is 0.833. The van der Waals surface area contributed by atoms with Gasteiger partial charge in [0.05, 0.1) is 0 Å². The van der Waals surface area contributed by atoms with Crippen LogP contribution in [0.3, 0.4) is 0 Å². The number of ketones is 1. The maximum atomic E-state index is 10.4. The molecule has 1 atom stereocenters. The number of Topliss-reactive ketones (excluding diaryl/α,β-unsaturated/α-hetero) is 1. The van der Waals surface area contributed by atoms with Gasteiger partial charge < -0.3 is 0 Å². The van der Waals surface area contributed by atoms with E-state index in [0.29, 0.717) is 5.78 Å². The first-order valence-electron chi connectivity index (χ1n) is 2.69. The molecule has 0 rings (SSSR count). The van der Waals surface area contributed by atoms with Crippen LogP contribution >= 0.6 is 0 Å². The SMILES string of the molecule is CCC(C)C(C)=O.[V]. The van der Waals surface area contributed by atoms with Crippen molar-refractivity contribution in [3.63, 3.8) is 0 Å². The Morgan fingerprint density at radius 1 is 1.62 bits per heavy atom. The van der Waals surface area contributed by atoms with Crippen molar-refractivity contribution in [3.8, 4) is 0 Å². The second-order valence-electron chi connectivity index (χ2n) is 1.92. The molecule has 0 bridgehead atoms. The number of hydrogen-bond acceptors (Lipinski definition) is 1. The fourth-order valence-electron chi connectivity index (χ4n) is 0.287. The van der Waals surface area contributed by atoms with Gasteiger partial charge in [-0.05, 0) is 13.3 Å². The molecule has 2 heteroatoms. The van der Waals surface area contributed by atoms with E-state index in [4.69, 9.17) is 0 Å². The largest absolute Gasteiger partial charge is 0.300 e. The molecule has 0 N–H and O–H groups in total.